The highest BCUT2D eigenvalue weighted by Crippen LogP contribution is 2.40. The summed E-state index contributed by atoms with van der Waals surface area (Å²) in [6.45, 7) is 5.12. The minimum Gasteiger partial charge on any atom is -0.493 e. The van der Waals surface area contributed by atoms with Gasteiger partial charge < -0.3 is 9.84 Å². The van der Waals surface area contributed by atoms with Crippen molar-refractivity contribution in [3.8, 4) is 5.75 Å². The van der Waals surface area contributed by atoms with Gasteiger partial charge in [0.25, 0.3) is 0 Å². The number of carbonyl (C=O) groups is 1. The maximum Gasteiger partial charge on any atom is 0.335 e. The third-order valence-electron chi connectivity index (χ3n) is 4.07. The molecule has 0 amide bonds. The summed E-state index contributed by atoms with van der Waals surface area (Å²) in [7, 11) is 0. The maximum atomic E-state index is 10.8. The zero-order valence-corrected chi connectivity index (χ0v) is 13.1. The van der Waals surface area contributed by atoms with Gasteiger partial charge in [-0.15, -0.1) is 0 Å². The van der Waals surface area contributed by atoms with Crippen molar-refractivity contribution in [2.24, 2.45) is 10.2 Å². The molecule has 0 fully saturated rings. The normalized spacial score (nSPS) is 15.9. The van der Waals surface area contributed by atoms with Crippen LogP contribution in [0.2, 0.25) is 0 Å². The number of hydrogen-bond donors (Lipinski definition) is 1. The van der Waals surface area contributed by atoms with Crippen LogP contribution in [0.5, 0.6) is 5.75 Å². The molecule has 5 heteroatoms. The van der Waals surface area contributed by atoms with Gasteiger partial charge in [0.1, 0.15) is 5.75 Å². The van der Waals surface area contributed by atoms with Gasteiger partial charge in [-0.2, -0.15) is 10.2 Å². The van der Waals surface area contributed by atoms with E-state index in [1.165, 1.54) is 12.1 Å². The fraction of sp³-hybridized carbons (Fsp3) is 0.278. The van der Waals surface area contributed by atoms with E-state index in [9.17, 15) is 4.79 Å². The molecule has 0 spiro atoms. The van der Waals surface area contributed by atoms with Gasteiger partial charge >= 0.3 is 5.97 Å². The Bertz CT molecular complexity index is 764. The summed E-state index contributed by atoms with van der Waals surface area (Å²) in [4.78, 5) is 10.8. The Morgan fingerprint density at radius 1 is 1.09 bits per heavy atom. The van der Waals surface area contributed by atoms with Crippen LogP contribution in [-0.2, 0) is 5.41 Å². The number of nitrogens with zero attached hydrogens (tertiary/aromatic N) is 2. The van der Waals surface area contributed by atoms with Gasteiger partial charge in [-0.1, -0.05) is 13.8 Å². The molecule has 0 unspecified atom stereocenters. The smallest absolute Gasteiger partial charge is 0.335 e. The second kappa shape index (κ2) is 5.83. The van der Waals surface area contributed by atoms with E-state index in [2.05, 4.69) is 24.1 Å². The van der Waals surface area contributed by atoms with Crippen LogP contribution in [0.25, 0.3) is 0 Å². The van der Waals surface area contributed by atoms with E-state index >= 15 is 0 Å². The first-order valence-corrected chi connectivity index (χ1v) is 7.48. The van der Waals surface area contributed by atoms with Crippen LogP contribution in [0.4, 0.5) is 11.4 Å². The van der Waals surface area contributed by atoms with Crippen LogP contribution in [-0.4, -0.2) is 17.7 Å². The summed E-state index contributed by atoms with van der Waals surface area (Å²) in [5.74, 6) is -0.0450. The average Bonchev–Trinajstić information content (AvgIpc) is 2.53. The Hall–Kier alpha value is -2.69. The molecule has 3 rings (SSSR count). The number of carboxylic acid groups (broad SMARTS) is 1. The highest BCUT2D eigenvalue weighted by atomic mass is 16.5. The van der Waals surface area contributed by atoms with E-state index in [1.54, 1.807) is 12.1 Å². The zero-order valence-electron chi connectivity index (χ0n) is 13.1. The number of azo groups is 1. The van der Waals surface area contributed by atoms with Crippen LogP contribution < -0.4 is 4.74 Å². The maximum absolute atomic E-state index is 10.8. The Morgan fingerprint density at radius 2 is 1.74 bits per heavy atom. The number of aromatic carboxylic acids is 1. The van der Waals surface area contributed by atoms with Crippen molar-refractivity contribution in [2.75, 3.05) is 6.61 Å². The van der Waals surface area contributed by atoms with Crippen molar-refractivity contribution in [3.63, 3.8) is 0 Å². The summed E-state index contributed by atoms with van der Waals surface area (Å²) in [5, 5.41) is 17.3. The van der Waals surface area contributed by atoms with Crippen molar-refractivity contribution < 1.29 is 14.6 Å². The molecule has 0 radical (unpaired) electrons. The first-order valence-electron chi connectivity index (χ1n) is 7.48. The van der Waals surface area contributed by atoms with Crippen molar-refractivity contribution >= 4 is 17.3 Å². The fourth-order valence-corrected chi connectivity index (χ4v) is 2.57. The van der Waals surface area contributed by atoms with Gasteiger partial charge in [-0.05, 0) is 54.3 Å². The lowest BCUT2D eigenvalue weighted by molar-refractivity contribution is 0.0697. The molecule has 1 N–H and O–H groups in total. The molecule has 0 aliphatic carbocycles. The van der Waals surface area contributed by atoms with Crippen molar-refractivity contribution in [3.05, 3.63) is 53.6 Å². The monoisotopic (exact) mass is 310 g/mol. The molecule has 0 saturated heterocycles. The second-order valence-corrected chi connectivity index (χ2v) is 6.21. The molecule has 2 aromatic carbocycles. The molecule has 23 heavy (non-hydrogen) atoms. The molecule has 2 aromatic rings. The molecule has 0 aromatic heterocycles. The van der Waals surface area contributed by atoms with Gasteiger partial charge in [-0.25, -0.2) is 4.79 Å². The zero-order chi connectivity index (χ0) is 16.4. The van der Waals surface area contributed by atoms with Gasteiger partial charge in [0.05, 0.1) is 23.5 Å². The van der Waals surface area contributed by atoms with Crippen LogP contribution >= 0.6 is 0 Å². The third kappa shape index (κ3) is 3.23. The molecule has 1 heterocycles. The number of carboxylic acids is 1. The Labute approximate surface area is 134 Å². The third-order valence-corrected chi connectivity index (χ3v) is 4.07. The lowest BCUT2D eigenvalue weighted by atomic mass is 9.80. The van der Waals surface area contributed by atoms with Crippen LogP contribution in [0.3, 0.4) is 0 Å². The van der Waals surface area contributed by atoms with Gasteiger partial charge in [0.2, 0.25) is 0 Å². The highest BCUT2D eigenvalue weighted by Gasteiger charge is 2.28. The number of ether oxygens (including phenoxy) is 1. The van der Waals surface area contributed by atoms with E-state index in [1.807, 2.05) is 18.2 Å². The van der Waals surface area contributed by atoms with Crippen LogP contribution in [0.1, 0.15) is 36.2 Å². The minimum atomic E-state index is -0.953. The lowest BCUT2D eigenvalue weighted by Crippen LogP contribution is -2.26. The average molecular weight is 310 g/mol. The van der Waals surface area contributed by atoms with Gasteiger partial charge in [-0.3, -0.25) is 0 Å². The van der Waals surface area contributed by atoms with Gasteiger partial charge in [0, 0.05) is 5.56 Å². The molecule has 1 aliphatic heterocycles. The Kier molecular flexibility index (Phi) is 3.86. The van der Waals surface area contributed by atoms with Crippen LogP contribution in [0.15, 0.2) is 52.7 Å². The van der Waals surface area contributed by atoms with E-state index < -0.39 is 5.97 Å². The number of fused-ring (bicyclic) bond motifs is 1. The highest BCUT2D eigenvalue weighted by molar-refractivity contribution is 5.87. The Balaban J connectivity index is 1.84. The summed E-state index contributed by atoms with van der Waals surface area (Å²) in [6, 6.07) is 12.1. The Morgan fingerprint density at radius 3 is 2.43 bits per heavy atom. The van der Waals surface area contributed by atoms with E-state index in [-0.39, 0.29) is 11.0 Å². The largest absolute Gasteiger partial charge is 0.493 e. The molecule has 5 nitrogen and oxygen atoms in total. The molecule has 1 aliphatic rings. The minimum absolute atomic E-state index is 0.0578. The molecule has 0 atom stereocenters. The van der Waals surface area contributed by atoms with Crippen molar-refractivity contribution in [1.82, 2.24) is 0 Å². The molecule has 0 bridgehead atoms. The van der Waals surface area contributed by atoms with E-state index in [4.69, 9.17) is 9.84 Å². The quantitative estimate of drug-likeness (QED) is 0.823. The summed E-state index contributed by atoms with van der Waals surface area (Å²) < 4.78 is 5.68. The van der Waals surface area contributed by atoms with E-state index in [0.29, 0.717) is 5.69 Å². The van der Waals surface area contributed by atoms with Crippen molar-refractivity contribution in [2.45, 2.75) is 25.7 Å². The topological polar surface area (TPSA) is 71.2 Å². The first kappa shape index (κ1) is 15.2. The van der Waals surface area contributed by atoms with Gasteiger partial charge in [0.15, 0.2) is 0 Å². The predicted molar refractivity (Wildman–Crippen MR) is 87.2 cm³/mol. The SMILES string of the molecule is CC1(C)CCOc2ccc(N=Nc3ccc(C(=O)O)cc3)cc21. The summed E-state index contributed by atoms with van der Waals surface area (Å²) in [6.07, 6.45) is 0.969. The molecule has 0 saturated carbocycles. The summed E-state index contributed by atoms with van der Waals surface area (Å²) in [5.41, 5.74) is 2.80. The number of benzene rings is 2. The van der Waals surface area contributed by atoms with Crippen LogP contribution in [0, 0.1) is 0 Å². The molecular weight excluding hydrogens is 292 g/mol. The predicted octanol–water partition coefficient (Wildman–Crippen LogP) is 4.86. The number of rotatable bonds is 3. The van der Waals surface area contributed by atoms with E-state index in [0.717, 1.165) is 30.0 Å². The van der Waals surface area contributed by atoms with Crippen molar-refractivity contribution in [1.29, 1.82) is 0 Å². The standard InChI is InChI=1S/C18H18N2O3/c1-18(2)9-10-23-16-8-7-14(11-15(16)18)20-19-13-5-3-12(4-6-13)17(21)22/h3-8,11H,9-10H2,1-2H3,(H,21,22). The molecular formula is C18H18N2O3. The molecule has 118 valence electrons. The summed E-state index contributed by atoms with van der Waals surface area (Å²) >= 11 is 0. The first-order chi connectivity index (χ1) is 11.0. The second-order valence-electron chi connectivity index (χ2n) is 6.21. The number of hydrogen-bond acceptors (Lipinski definition) is 4. The fourth-order valence-electron chi connectivity index (χ4n) is 2.57. The lowest BCUT2D eigenvalue weighted by Gasteiger charge is -2.32.